The van der Waals surface area contributed by atoms with Crippen LogP contribution in [0.15, 0.2) is 91.0 Å². The zero-order valence-electron chi connectivity index (χ0n) is 22.2. The van der Waals surface area contributed by atoms with Gasteiger partial charge in [-0.1, -0.05) is 78.9 Å². The summed E-state index contributed by atoms with van der Waals surface area (Å²) in [6.07, 6.45) is 0. The summed E-state index contributed by atoms with van der Waals surface area (Å²) in [5.41, 5.74) is 2.86. The molecule has 1 fully saturated rings. The molecule has 1 aliphatic heterocycles. The van der Waals surface area contributed by atoms with Crippen LogP contribution in [0.1, 0.15) is 29.5 Å². The van der Waals surface area contributed by atoms with Gasteiger partial charge in [-0.2, -0.15) is 5.26 Å². The molecule has 0 saturated carbocycles. The Bertz CT molecular complexity index is 1490. The molecule has 38 heavy (non-hydrogen) atoms. The van der Waals surface area contributed by atoms with Crippen LogP contribution in [0.25, 0.3) is 10.8 Å². The standard InChI is InChI=1S/C33H33N3O2/c1-24-11-4-8-17-29(24)35-19-21-36(22-20-35)32(37)33(2,23-34)31(28-15-7-9-18-30(28)38-3)27-16-10-13-25-12-5-6-14-26(25)27/h4-18,31H,19-22H2,1-3H3. The Kier molecular flexibility index (Phi) is 7.07. The Morgan fingerprint density at radius 3 is 2.24 bits per heavy atom. The van der Waals surface area contributed by atoms with Gasteiger partial charge in [-0.05, 0) is 47.9 Å². The van der Waals surface area contributed by atoms with Crippen LogP contribution < -0.4 is 9.64 Å². The van der Waals surface area contributed by atoms with Gasteiger partial charge in [0.1, 0.15) is 11.2 Å². The van der Waals surface area contributed by atoms with Crippen molar-refractivity contribution in [3.8, 4) is 11.8 Å². The van der Waals surface area contributed by atoms with E-state index in [4.69, 9.17) is 4.74 Å². The number of benzene rings is 4. The summed E-state index contributed by atoms with van der Waals surface area (Å²) < 4.78 is 5.76. The molecule has 1 amide bonds. The first-order chi connectivity index (χ1) is 18.5. The molecule has 1 heterocycles. The maximum Gasteiger partial charge on any atom is 0.243 e. The van der Waals surface area contributed by atoms with E-state index in [1.54, 1.807) is 14.0 Å². The lowest BCUT2D eigenvalue weighted by Crippen LogP contribution is -2.54. The van der Waals surface area contributed by atoms with E-state index in [1.165, 1.54) is 11.3 Å². The third-order valence-corrected chi connectivity index (χ3v) is 7.86. The third-order valence-electron chi connectivity index (χ3n) is 7.86. The molecule has 0 aliphatic carbocycles. The highest BCUT2D eigenvalue weighted by molar-refractivity contribution is 5.91. The third kappa shape index (κ3) is 4.48. The maximum atomic E-state index is 14.3. The number of hydrogen-bond donors (Lipinski definition) is 0. The van der Waals surface area contributed by atoms with Gasteiger partial charge in [0.05, 0.1) is 13.2 Å². The van der Waals surface area contributed by atoms with E-state index >= 15 is 0 Å². The normalized spacial score (nSPS) is 15.9. The molecular weight excluding hydrogens is 470 g/mol. The van der Waals surface area contributed by atoms with Crippen molar-refractivity contribution in [3.05, 3.63) is 108 Å². The first-order valence-electron chi connectivity index (χ1n) is 13.1. The number of nitrogens with zero attached hydrogens (tertiary/aromatic N) is 3. The summed E-state index contributed by atoms with van der Waals surface area (Å²) in [5.74, 6) is 0.00834. The summed E-state index contributed by atoms with van der Waals surface area (Å²) in [5, 5.41) is 12.8. The zero-order valence-corrected chi connectivity index (χ0v) is 22.2. The number of para-hydroxylation sites is 2. The number of methoxy groups -OCH3 is 1. The first-order valence-corrected chi connectivity index (χ1v) is 13.1. The number of hydrogen-bond acceptors (Lipinski definition) is 4. The van der Waals surface area contributed by atoms with E-state index in [9.17, 15) is 10.1 Å². The minimum atomic E-state index is -1.34. The Morgan fingerprint density at radius 2 is 1.50 bits per heavy atom. The van der Waals surface area contributed by atoms with Crippen molar-refractivity contribution in [1.82, 2.24) is 4.90 Å². The van der Waals surface area contributed by atoms with Crippen LogP contribution in [0.4, 0.5) is 5.69 Å². The van der Waals surface area contributed by atoms with Gasteiger partial charge in [-0.25, -0.2) is 0 Å². The van der Waals surface area contributed by atoms with Crippen molar-refractivity contribution in [2.75, 3.05) is 38.2 Å². The average molecular weight is 504 g/mol. The van der Waals surface area contributed by atoms with Crippen molar-refractivity contribution in [1.29, 1.82) is 5.26 Å². The first kappa shape index (κ1) is 25.4. The zero-order chi connectivity index (χ0) is 26.7. The number of carbonyl (C=O) groups is 1. The summed E-state index contributed by atoms with van der Waals surface area (Å²) in [6, 6.07) is 32.8. The van der Waals surface area contributed by atoms with Crippen molar-refractivity contribution in [3.63, 3.8) is 0 Å². The van der Waals surface area contributed by atoms with Gasteiger partial charge in [0.15, 0.2) is 0 Å². The topological polar surface area (TPSA) is 56.6 Å². The number of rotatable bonds is 6. The predicted molar refractivity (Wildman–Crippen MR) is 152 cm³/mol. The van der Waals surface area contributed by atoms with E-state index in [0.717, 1.165) is 35.0 Å². The molecule has 5 rings (SSSR count). The van der Waals surface area contributed by atoms with E-state index in [-0.39, 0.29) is 5.91 Å². The van der Waals surface area contributed by atoms with E-state index in [1.807, 2.05) is 59.5 Å². The number of anilines is 1. The summed E-state index contributed by atoms with van der Waals surface area (Å²) in [7, 11) is 1.63. The fourth-order valence-electron chi connectivity index (χ4n) is 5.83. The lowest BCUT2D eigenvalue weighted by molar-refractivity contribution is -0.139. The minimum absolute atomic E-state index is 0.145. The molecule has 0 N–H and O–H groups in total. The molecule has 0 spiro atoms. The van der Waals surface area contributed by atoms with Crippen LogP contribution in [0.2, 0.25) is 0 Å². The van der Waals surface area contributed by atoms with Crippen molar-refractivity contribution in [2.24, 2.45) is 5.41 Å². The van der Waals surface area contributed by atoms with Gasteiger partial charge < -0.3 is 14.5 Å². The second-order valence-electron chi connectivity index (χ2n) is 10.1. The summed E-state index contributed by atoms with van der Waals surface area (Å²) >= 11 is 0. The fourth-order valence-corrected chi connectivity index (χ4v) is 5.83. The molecular formula is C33H33N3O2. The van der Waals surface area contributed by atoms with Crippen molar-refractivity contribution < 1.29 is 9.53 Å². The molecule has 1 saturated heterocycles. The maximum absolute atomic E-state index is 14.3. The molecule has 192 valence electrons. The second kappa shape index (κ2) is 10.6. The SMILES string of the molecule is COc1ccccc1C(c1cccc2ccccc12)C(C)(C#N)C(=O)N1CCN(c2ccccc2C)CC1. The molecule has 2 atom stereocenters. The number of nitriles is 1. The molecule has 1 aliphatic rings. The highest BCUT2D eigenvalue weighted by Crippen LogP contribution is 2.47. The largest absolute Gasteiger partial charge is 0.496 e. The molecule has 4 aromatic carbocycles. The smallest absolute Gasteiger partial charge is 0.243 e. The molecule has 5 nitrogen and oxygen atoms in total. The molecule has 4 aromatic rings. The molecule has 0 aromatic heterocycles. The van der Waals surface area contributed by atoms with Gasteiger partial charge in [0.25, 0.3) is 0 Å². The quantitative estimate of drug-likeness (QED) is 0.316. The van der Waals surface area contributed by atoms with Crippen LogP contribution in [0.5, 0.6) is 5.75 Å². The van der Waals surface area contributed by atoms with Crippen LogP contribution in [-0.4, -0.2) is 44.1 Å². The predicted octanol–water partition coefficient (Wildman–Crippen LogP) is 6.17. The average Bonchev–Trinajstić information content (AvgIpc) is 2.97. The fraction of sp³-hybridized carbons (Fsp3) is 0.273. The number of piperazine rings is 1. The molecule has 5 heteroatoms. The number of amides is 1. The molecule has 0 bridgehead atoms. The van der Waals surface area contributed by atoms with Gasteiger partial charge in [0.2, 0.25) is 5.91 Å². The lowest BCUT2D eigenvalue weighted by atomic mass is 9.68. The van der Waals surface area contributed by atoms with E-state index < -0.39 is 11.3 Å². The Balaban J connectivity index is 1.55. The molecule has 0 radical (unpaired) electrons. The van der Waals surface area contributed by atoms with Crippen LogP contribution >= 0.6 is 0 Å². The Morgan fingerprint density at radius 1 is 0.868 bits per heavy atom. The van der Waals surface area contributed by atoms with Gasteiger partial charge in [0, 0.05) is 43.3 Å². The Labute approximate surface area is 224 Å². The number of fused-ring (bicyclic) bond motifs is 1. The van der Waals surface area contributed by atoms with Gasteiger partial charge >= 0.3 is 0 Å². The highest BCUT2D eigenvalue weighted by Gasteiger charge is 2.47. The minimum Gasteiger partial charge on any atom is -0.496 e. The van der Waals surface area contributed by atoms with Gasteiger partial charge in [-0.3, -0.25) is 4.79 Å². The second-order valence-corrected chi connectivity index (χ2v) is 10.1. The van der Waals surface area contributed by atoms with Crippen LogP contribution in [-0.2, 0) is 4.79 Å². The highest BCUT2D eigenvalue weighted by atomic mass is 16.5. The van der Waals surface area contributed by atoms with Crippen LogP contribution in [0.3, 0.4) is 0 Å². The monoisotopic (exact) mass is 503 g/mol. The van der Waals surface area contributed by atoms with E-state index in [0.29, 0.717) is 18.8 Å². The number of carbonyl (C=O) groups excluding carboxylic acids is 1. The summed E-state index contributed by atoms with van der Waals surface area (Å²) in [4.78, 5) is 18.5. The number of ether oxygens (including phenoxy) is 1. The van der Waals surface area contributed by atoms with E-state index in [2.05, 4.69) is 54.3 Å². The van der Waals surface area contributed by atoms with Crippen molar-refractivity contribution >= 4 is 22.4 Å². The van der Waals surface area contributed by atoms with Gasteiger partial charge in [-0.15, -0.1) is 0 Å². The number of aryl methyl sites for hydroxylation is 1. The Hall–Kier alpha value is -4.30. The lowest BCUT2D eigenvalue weighted by Gasteiger charge is -2.41. The summed E-state index contributed by atoms with van der Waals surface area (Å²) in [6.45, 7) is 6.50. The van der Waals surface area contributed by atoms with Crippen LogP contribution in [0, 0.1) is 23.7 Å². The molecule has 2 unspecified atom stereocenters. The van der Waals surface area contributed by atoms with Crippen molar-refractivity contribution in [2.45, 2.75) is 19.8 Å².